The Morgan fingerprint density at radius 3 is 2.79 bits per heavy atom. The van der Waals surface area contributed by atoms with Crippen molar-refractivity contribution in [3.05, 3.63) is 71.3 Å². The SMILES string of the molecule is C=C/C=C(\C=C/C)CN1CCC(N(CC)C(=O)NCCc2ccc(C)c(C)c2)C1. The topological polar surface area (TPSA) is 35.6 Å². The molecule has 1 aromatic carbocycles. The third-order valence-electron chi connectivity index (χ3n) is 5.67. The molecule has 1 unspecified atom stereocenters. The largest absolute Gasteiger partial charge is 0.338 e. The average molecular weight is 396 g/mol. The second-order valence-corrected chi connectivity index (χ2v) is 7.84. The molecule has 1 aromatic rings. The number of carbonyl (C=O) groups excluding carboxylic acids is 1. The molecule has 1 fully saturated rings. The van der Waals surface area contributed by atoms with Crippen molar-refractivity contribution in [3.63, 3.8) is 0 Å². The molecule has 1 atom stereocenters. The number of nitrogens with zero attached hydrogens (tertiary/aromatic N) is 2. The van der Waals surface area contributed by atoms with E-state index in [2.05, 4.69) is 74.0 Å². The van der Waals surface area contributed by atoms with Gasteiger partial charge in [-0.25, -0.2) is 4.79 Å². The molecule has 158 valence electrons. The molecule has 1 N–H and O–H groups in total. The van der Waals surface area contributed by atoms with Gasteiger partial charge in [0.2, 0.25) is 0 Å². The lowest BCUT2D eigenvalue weighted by Crippen LogP contribution is -2.47. The monoisotopic (exact) mass is 395 g/mol. The standard InChI is InChI=1S/C25H37N3O/c1-6-9-23(10-7-2)18-27-16-14-24(19-27)28(8-3)25(29)26-15-13-22-12-11-20(4)21(5)17-22/h6-7,9-12,17,24H,1,8,13-16,18-19H2,2-5H3,(H,26,29)/b10-7-,23-9+. The van der Waals surface area contributed by atoms with Crippen molar-refractivity contribution in [1.82, 2.24) is 15.1 Å². The molecular formula is C25H37N3O. The maximum atomic E-state index is 12.8. The fraction of sp³-hybridized carbons (Fsp3) is 0.480. The van der Waals surface area contributed by atoms with E-state index < -0.39 is 0 Å². The Kier molecular flexibility index (Phi) is 9.20. The van der Waals surface area contributed by atoms with Gasteiger partial charge >= 0.3 is 6.03 Å². The van der Waals surface area contributed by atoms with Crippen LogP contribution >= 0.6 is 0 Å². The number of rotatable bonds is 9. The van der Waals surface area contributed by atoms with Gasteiger partial charge in [-0.05, 0) is 62.8 Å². The summed E-state index contributed by atoms with van der Waals surface area (Å²) < 4.78 is 0. The van der Waals surface area contributed by atoms with Gasteiger partial charge in [-0.3, -0.25) is 4.90 Å². The molecule has 4 heteroatoms. The Labute approximate surface area is 177 Å². The van der Waals surface area contributed by atoms with Gasteiger partial charge in [0.1, 0.15) is 0 Å². The van der Waals surface area contributed by atoms with Crippen molar-refractivity contribution >= 4 is 6.03 Å². The summed E-state index contributed by atoms with van der Waals surface area (Å²) in [5.41, 5.74) is 5.14. The van der Waals surface area contributed by atoms with Crippen LogP contribution in [-0.4, -0.2) is 54.6 Å². The molecule has 0 bridgehead atoms. The Bertz CT molecular complexity index is 750. The van der Waals surface area contributed by atoms with Crippen LogP contribution in [0.4, 0.5) is 4.79 Å². The van der Waals surface area contributed by atoms with Gasteiger partial charge in [-0.2, -0.15) is 0 Å². The first-order valence-electron chi connectivity index (χ1n) is 10.8. The molecule has 29 heavy (non-hydrogen) atoms. The fourth-order valence-electron chi connectivity index (χ4n) is 3.94. The Morgan fingerprint density at radius 1 is 1.34 bits per heavy atom. The highest BCUT2D eigenvalue weighted by molar-refractivity contribution is 5.74. The number of urea groups is 1. The van der Waals surface area contributed by atoms with E-state index in [1.807, 2.05) is 17.9 Å². The van der Waals surface area contributed by atoms with E-state index in [1.54, 1.807) is 0 Å². The van der Waals surface area contributed by atoms with Crippen molar-refractivity contribution in [1.29, 1.82) is 0 Å². The summed E-state index contributed by atoms with van der Waals surface area (Å²) in [6.07, 6.45) is 9.97. The molecule has 0 aromatic heterocycles. The predicted molar refractivity (Wildman–Crippen MR) is 123 cm³/mol. The highest BCUT2D eigenvalue weighted by atomic mass is 16.2. The quantitative estimate of drug-likeness (QED) is 0.618. The minimum atomic E-state index is 0.0542. The lowest BCUT2D eigenvalue weighted by atomic mass is 10.0. The number of aryl methyl sites for hydroxylation is 2. The summed E-state index contributed by atoms with van der Waals surface area (Å²) in [5, 5.41) is 3.12. The maximum Gasteiger partial charge on any atom is 0.317 e. The average Bonchev–Trinajstić information content (AvgIpc) is 3.13. The summed E-state index contributed by atoms with van der Waals surface area (Å²) in [5.74, 6) is 0. The van der Waals surface area contributed by atoms with Gasteiger partial charge in [0.25, 0.3) is 0 Å². The predicted octanol–water partition coefficient (Wildman–Crippen LogP) is 4.64. The highest BCUT2D eigenvalue weighted by Crippen LogP contribution is 2.18. The van der Waals surface area contributed by atoms with Gasteiger partial charge in [-0.15, -0.1) is 0 Å². The minimum Gasteiger partial charge on any atom is -0.338 e. The third-order valence-corrected chi connectivity index (χ3v) is 5.67. The number of likely N-dealkylation sites (N-methyl/N-ethyl adjacent to an activating group) is 1. The van der Waals surface area contributed by atoms with Crippen molar-refractivity contribution < 1.29 is 4.79 Å². The van der Waals surface area contributed by atoms with Crippen molar-refractivity contribution in [2.45, 2.75) is 46.6 Å². The number of carbonyl (C=O) groups is 1. The number of amides is 2. The van der Waals surface area contributed by atoms with Gasteiger partial charge in [0.05, 0.1) is 0 Å². The number of hydrogen-bond donors (Lipinski definition) is 1. The smallest absolute Gasteiger partial charge is 0.317 e. The van der Waals surface area contributed by atoms with E-state index in [4.69, 9.17) is 0 Å². The zero-order valence-electron chi connectivity index (χ0n) is 18.6. The molecule has 1 saturated heterocycles. The number of likely N-dealkylation sites (tertiary alicyclic amines) is 1. The van der Waals surface area contributed by atoms with E-state index >= 15 is 0 Å². The molecule has 1 heterocycles. The first-order chi connectivity index (χ1) is 14.0. The van der Waals surface area contributed by atoms with Crippen LogP contribution in [0.5, 0.6) is 0 Å². The summed E-state index contributed by atoms with van der Waals surface area (Å²) >= 11 is 0. The number of hydrogen-bond acceptors (Lipinski definition) is 2. The van der Waals surface area contributed by atoms with Gasteiger partial charge in [-0.1, -0.05) is 49.1 Å². The normalized spacial score (nSPS) is 17.7. The molecule has 1 aliphatic heterocycles. The van der Waals surface area contributed by atoms with Gasteiger partial charge < -0.3 is 10.2 Å². The highest BCUT2D eigenvalue weighted by Gasteiger charge is 2.29. The molecule has 2 amide bonds. The first kappa shape index (κ1) is 23.0. The van der Waals surface area contributed by atoms with Crippen LogP contribution in [0.2, 0.25) is 0 Å². The Balaban J connectivity index is 1.85. The number of nitrogens with one attached hydrogen (secondary N) is 1. The van der Waals surface area contributed by atoms with Crippen molar-refractivity contribution in [2.75, 3.05) is 32.7 Å². The van der Waals surface area contributed by atoms with Crippen LogP contribution in [0, 0.1) is 13.8 Å². The third kappa shape index (κ3) is 6.90. The molecule has 0 spiro atoms. The summed E-state index contributed by atoms with van der Waals surface area (Å²) in [7, 11) is 0. The summed E-state index contributed by atoms with van der Waals surface area (Å²) in [6.45, 7) is 16.4. The first-order valence-corrected chi connectivity index (χ1v) is 10.8. The second kappa shape index (κ2) is 11.6. The Hall–Kier alpha value is -2.33. The second-order valence-electron chi connectivity index (χ2n) is 7.84. The lowest BCUT2D eigenvalue weighted by molar-refractivity contribution is 0.178. The van der Waals surface area contributed by atoms with Crippen LogP contribution in [0.25, 0.3) is 0 Å². The van der Waals surface area contributed by atoms with E-state index in [0.717, 1.165) is 39.0 Å². The van der Waals surface area contributed by atoms with Crippen LogP contribution in [0.1, 0.15) is 37.0 Å². The number of benzene rings is 1. The number of allylic oxidation sites excluding steroid dienone is 3. The van der Waals surface area contributed by atoms with Crippen LogP contribution < -0.4 is 5.32 Å². The fourth-order valence-corrected chi connectivity index (χ4v) is 3.94. The molecule has 0 saturated carbocycles. The van der Waals surface area contributed by atoms with E-state index in [9.17, 15) is 4.79 Å². The maximum absolute atomic E-state index is 12.8. The zero-order valence-corrected chi connectivity index (χ0v) is 18.6. The molecule has 0 radical (unpaired) electrons. The molecule has 2 rings (SSSR count). The van der Waals surface area contributed by atoms with Crippen LogP contribution in [0.3, 0.4) is 0 Å². The summed E-state index contributed by atoms with van der Waals surface area (Å²) in [6, 6.07) is 6.85. The van der Waals surface area contributed by atoms with E-state index in [-0.39, 0.29) is 12.1 Å². The van der Waals surface area contributed by atoms with Crippen molar-refractivity contribution in [3.8, 4) is 0 Å². The van der Waals surface area contributed by atoms with E-state index in [0.29, 0.717) is 6.54 Å². The van der Waals surface area contributed by atoms with Crippen molar-refractivity contribution in [2.24, 2.45) is 0 Å². The summed E-state index contributed by atoms with van der Waals surface area (Å²) in [4.78, 5) is 17.2. The molecule has 0 aliphatic carbocycles. The molecular weight excluding hydrogens is 358 g/mol. The lowest BCUT2D eigenvalue weighted by Gasteiger charge is -2.28. The Morgan fingerprint density at radius 2 is 2.14 bits per heavy atom. The van der Waals surface area contributed by atoms with Gasteiger partial charge in [0.15, 0.2) is 0 Å². The molecule has 4 nitrogen and oxygen atoms in total. The van der Waals surface area contributed by atoms with E-state index in [1.165, 1.54) is 22.3 Å². The van der Waals surface area contributed by atoms with Crippen LogP contribution in [0.15, 0.2) is 54.7 Å². The zero-order chi connectivity index (χ0) is 21.2. The minimum absolute atomic E-state index is 0.0542. The van der Waals surface area contributed by atoms with Crippen LogP contribution in [-0.2, 0) is 6.42 Å². The van der Waals surface area contributed by atoms with Gasteiger partial charge in [0, 0.05) is 38.8 Å². The molecule has 1 aliphatic rings.